The van der Waals surface area contributed by atoms with Crippen LogP contribution >= 0.6 is 22.9 Å². The number of nitrogens with zero attached hydrogens (tertiary/aromatic N) is 5. The van der Waals surface area contributed by atoms with Gasteiger partial charge in [-0.1, -0.05) is 71.5 Å². The maximum Gasteiger partial charge on any atom is 0.357 e. The van der Waals surface area contributed by atoms with Gasteiger partial charge in [-0.3, -0.25) is 4.79 Å². The second-order valence-electron chi connectivity index (χ2n) is 7.57. The number of anilines is 1. The molecule has 1 aliphatic carbocycles. The third kappa shape index (κ3) is 4.35. The van der Waals surface area contributed by atoms with E-state index < -0.39 is 5.97 Å². The number of benzene rings is 2. The van der Waals surface area contributed by atoms with Crippen molar-refractivity contribution < 1.29 is 14.7 Å². The summed E-state index contributed by atoms with van der Waals surface area (Å²) in [6.07, 6.45) is 1.75. The molecule has 0 aliphatic heterocycles. The molecule has 166 valence electrons. The smallest absolute Gasteiger partial charge is 0.357 e. The Morgan fingerprint density at radius 2 is 1.85 bits per heavy atom. The highest BCUT2D eigenvalue weighted by atomic mass is 35.5. The minimum atomic E-state index is -1.16. The second kappa shape index (κ2) is 8.72. The second-order valence-corrected chi connectivity index (χ2v) is 9.17. The number of carbonyl (C=O) groups excluding carboxylic acids is 1. The van der Waals surface area contributed by atoms with Gasteiger partial charge in [0.05, 0.1) is 0 Å². The third-order valence-corrected chi connectivity index (χ3v) is 6.48. The minimum absolute atomic E-state index is 0.00508. The van der Waals surface area contributed by atoms with E-state index in [4.69, 9.17) is 16.7 Å². The Morgan fingerprint density at radius 3 is 2.52 bits per heavy atom. The van der Waals surface area contributed by atoms with Gasteiger partial charge in [0.25, 0.3) is 5.91 Å². The molecule has 1 fully saturated rings. The number of aromatic nitrogens is 5. The van der Waals surface area contributed by atoms with Crippen molar-refractivity contribution in [1.82, 2.24) is 25.2 Å². The lowest BCUT2D eigenvalue weighted by molar-refractivity contribution is 0.0691. The maximum absolute atomic E-state index is 12.6. The van der Waals surface area contributed by atoms with Crippen molar-refractivity contribution in [3.63, 3.8) is 0 Å². The van der Waals surface area contributed by atoms with Gasteiger partial charge in [-0.15, -0.1) is 5.10 Å². The highest BCUT2D eigenvalue weighted by Crippen LogP contribution is 2.34. The largest absolute Gasteiger partial charge is 0.476 e. The molecular weight excluding hydrogens is 464 g/mol. The van der Waals surface area contributed by atoms with Gasteiger partial charge in [0, 0.05) is 18.0 Å². The molecule has 0 saturated heterocycles. The molecule has 5 rings (SSSR count). The van der Waals surface area contributed by atoms with Gasteiger partial charge < -0.3 is 10.4 Å². The van der Waals surface area contributed by atoms with Crippen LogP contribution in [-0.4, -0.2) is 42.2 Å². The summed E-state index contributed by atoms with van der Waals surface area (Å²) in [6.45, 7) is 0.457. The van der Waals surface area contributed by atoms with Crippen LogP contribution in [0.2, 0.25) is 4.34 Å². The number of hydrogen-bond acceptors (Lipinski definition) is 8. The first-order valence-corrected chi connectivity index (χ1v) is 11.4. The molecule has 0 bridgehead atoms. The number of thiazole rings is 1. The van der Waals surface area contributed by atoms with Crippen molar-refractivity contribution in [2.24, 2.45) is 5.92 Å². The molecule has 2 aromatic carbocycles. The van der Waals surface area contributed by atoms with Crippen molar-refractivity contribution in [3.8, 4) is 22.5 Å². The van der Waals surface area contributed by atoms with Crippen LogP contribution in [0.5, 0.6) is 0 Å². The van der Waals surface area contributed by atoms with Crippen LogP contribution in [0, 0.1) is 5.92 Å². The van der Waals surface area contributed by atoms with E-state index in [1.165, 1.54) is 4.68 Å². The molecule has 11 heteroatoms. The summed E-state index contributed by atoms with van der Waals surface area (Å²) in [5.41, 5.74) is 3.47. The molecule has 2 heterocycles. The highest BCUT2D eigenvalue weighted by Gasteiger charge is 2.33. The standard InChI is InChI=1S/C22H17ClN6O3S/c23-18-17(21(31)32)25-22(33-18)24-11-12-5-7-13(8-6-12)15-3-1-2-4-16(15)19-26-27-28-29(19)20(30)14-9-10-14/h1-8,14H,9-11H2,(H,24,25)(H,31,32). The van der Waals surface area contributed by atoms with Crippen LogP contribution in [0.3, 0.4) is 0 Å². The van der Waals surface area contributed by atoms with E-state index in [1.54, 1.807) is 0 Å². The number of carboxylic acid groups (broad SMARTS) is 1. The summed E-state index contributed by atoms with van der Waals surface area (Å²) in [5, 5.41) is 24.4. The zero-order chi connectivity index (χ0) is 22.9. The SMILES string of the molecule is O=C(O)c1nc(NCc2ccc(-c3ccccc3-c3nnnn3C(=O)C3CC3)cc2)sc1Cl. The summed E-state index contributed by atoms with van der Waals surface area (Å²) >= 11 is 7.00. The molecule has 2 N–H and O–H groups in total. The number of rotatable bonds is 7. The van der Waals surface area contributed by atoms with Crippen LogP contribution in [0.15, 0.2) is 48.5 Å². The Labute approximate surface area is 197 Å². The normalized spacial score (nSPS) is 13.1. The lowest BCUT2D eigenvalue weighted by atomic mass is 9.98. The van der Waals surface area contributed by atoms with E-state index >= 15 is 0 Å². The average molecular weight is 481 g/mol. The molecule has 0 atom stereocenters. The van der Waals surface area contributed by atoms with Crippen LogP contribution in [-0.2, 0) is 6.54 Å². The molecule has 0 amide bonds. The Hall–Kier alpha value is -3.63. The number of tetrazole rings is 1. The molecule has 0 unspecified atom stereocenters. The summed E-state index contributed by atoms with van der Waals surface area (Å²) in [5.74, 6) is -0.787. The fourth-order valence-electron chi connectivity index (χ4n) is 3.43. The molecule has 0 radical (unpaired) electrons. The van der Waals surface area contributed by atoms with Gasteiger partial charge in [0.15, 0.2) is 16.6 Å². The Balaban J connectivity index is 1.36. The van der Waals surface area contributed by atoms with E-state index in [1.807, 2.05) is 48.5 Å². The van der Waals surface area contributed by atoms with Crippen molar-refractivity contribution in [1.29, 1.82) is 0 Å². The Morgan fingerprint density at radius 1 is 1.12 bits per heavy atom. The van der Waals surface area contributed by atoms with Gasteiger partial charge in [-0.2, -0.15) is 4.68 Å². The summed E-state index contributed by atoms with van der Waals surface area (Å²) in [4.78, 5) is 27.7. The van der Waals surface area contributed by atoms with Gasteiger partial charge in [-0.25, -0.2) is 9.78 Å². The topological polar surface area (TPSA) is 123 Å². The molecule has 33 heavy (non-hydrogen) atoms. The number of halogens is 1. The van der Waals surface area contributed by atoms with Gasteiger partial charge in [-0.05, 0) is 40.0 Å². The molecule has 9 nitrogen and oxygen atoms in total. The predicted octanol–water partition coefficient (Wildman–Crippen LogP) is 4.48. The van der Waals surface area contributed by atoms with Crippen LogP contribution in [0.4, 0.5) is 5.13 Å². The quantitative estimate of drug-likeness (QED) is 0.371. The van der Waals surface area contributed by atoms with E-state index in [0.29, 0.717) is 17.5 Å². The Bertz CT molecular complexity index is 1350. The molecule has 1 aliphatic rings. The number of carboxylic acids is 1. The van der Waals surface area contributed by atoms with Gasteiger partial charge >= 0.3 is 5.97 Å². The van der Waals surface area contributed by atoms with E-state index in [0.717, 1.165) is 46.4 Å². The molecule has 4 aromatic rings. The van der Waals surface area contributed by atoms with E-state index in [9.17, 15) is 9.59 Å². The first-order valence-electron chi connectivity index (χ1n) is 10.2. The van der Waals surface area contributed by atoms with E-state index in [-0.39, 0.29) is 21.9 Å². The third-order valence-electron chi connectivity index (χ3n) is 5.27. The zero-order valence-electron chi connectivity index (χ0n) is 17.1. The molecule has 1 saturated carbocycles. The molecule has 0 spiro atoms. The fourth-order valence-corrected chi connectivity index (χ4v) is 4.45. The minimum Gasteiger partial charge on any atom is -0.476 e. The number of aromatic carboxylic acids is 1. The maximum atomic E-state index is 12.6. The number of hydrogen-bond donors (Lipinski definition) is 2. The number of nitrogens with one attached hydrogen (secondary N) is 1. The van der Waals surface area contributed by atoms with Crippen LogP contribution < -0.4 is 5.32 Å². The van der Waals surface area contributed by atoms with Crippen molar-refractivity contribution >= 4 is 39.9 Å². The van der Waals surface area contributed by atoms with Crippen LogP contribution in [0.1, 0.15) is 33.7 Å². The lowest BCUT2D eigenvalue weighted by Gasteiger charge is -2.10. The summed E-state index contributed by atoms with van der Waals surface area (Å²) < 4.78 is 1.44. The van der Waals surface area contributed by atoms with E-state index in [2.05, 4.69) is 25.8 Å². The first-order chi connectivity index (χ1) is 16.0. The van der Waals surface area contributed by atoms with Crippen molar-refractivity contribution in [2.45, 2.75) is 19.4 Å². The average Bonchev–Trinajstić information content (AvgIpc) is 3.44. The number of carbonyl (C=O) groups is 2. The van der Waals surface area contributed by atoms with Crippen LogP contribution in [0.25, 0.3) is 22.5 Å². The van der Waals surface area contributed by atoms with Crippen molar-refractivity contribution in [2.75, 3.05) is 5.32 Å². The van der Waals surface area contributed by atoms with Crippen molar-refractivity contribution in [3.05, 3.63) is 64.1 Å². The lowest BCUT2D eigenvalue weighted by Crippen LogP contribution is -2.16. The Kier molecular flexibility index (Phi) is 5.61. The highest BCUT2D eigenvalue weighted by molar-refractivity contribution is 7.19. The zero-order valence-corrected chi connectivity index (χ0v) is 18.7. The summed E-state index contributed by atoms with van der Waals surface area (Å²) in [6, 6.07) is 15.6. The molecular formula is C22H17ClN6O3S. The summed E-state index contributed by atoms with van der Waals surface area (Å²) in [7, 11) is 0. The monoisotopic (exact) mass is 480 g/mol. The first kappa shape index (κ1) is 21.2. The van der Waals surface area contributed by atoms with Gasteiger partial charge in [0.2, 0.25) is 0 Å². The van der Waals surface area contributed by atoms with Gasteiger partial charge in [0.1, 0.15) is 4.34 Å². The fraction of sp³-hybridized carbons (Fsp3) is 0.182. The predicted molar refractivity (Wildman–Crippen MR) is 123 cm³/mol. The molecule has 2 aromatic heterocycles.